The lowest BCUT2D eigenvalue weighted by Crippen LogP contribution is -2.29. The van der Waals surface area contributed by atoms with E-state index in [9.17, 15) is 10.0 Å². The Bertz CT molecular complexity index is 900. The summed E-state index contributed by atoms with van der Waals surface area (Å²) in [6.07, 6.45) is 0.829. The molecule has 0 saturated heterocycles. The molecule has 2 heterocycles. The van der Waals surface area contributed by atoms with Crippen LogP contribution in [0.25, 0.3) is 10.7 Å². The fourth-order valence-electron chi connectivity index (χ4n) is 2.70. The van der Waals surface area contributed by atoms with E-state index in [4.69, 9.17) is 16.6 Å². The van der Waals surface area contributed by atoms with Crippen molar-refractivity contribution in [1.82, 2.24) is 9.97 Å². The van der Waals surface area contributed by atoms with Crippen LogP contribution >= 0.6 is 22.9 Å². The molecule has 0 radical (unpaired) electrons. The first-order chi connectivity index (χ1) is 12.5. The normalized spacial score (nSPS) is 10.8. The summed E-state index contributed by atoms with van der Waals surface area (Å²) in [6, 6.07) is 10.9. The van der Waals surface area contributed by atoms with Gasteiger partial charge in [0.25, 0.3) is 0 Å². The SMILES string of the molecule is CCc1c(C)nc(-c2ccc(Cl)s2)nc1NCc1ccc(B(O)O)cc1. The van der Waals surface area contributed by atoms with Crippen LogP contribution in [0.1, 0.15) is 23.7 Å². The maximum atomic E-state index is 9.18. The Hall–Kier alpha value is -1.93. The molecule has 0 unspecified atom stereocenters. The molecule has 3 rings (SSSR count). The number of benzene rings is 1. The second-order valence-corrected chi connectivity index (χ2v) is 7.60. The van der Waals surface area contributed by atoms with Gasteiger partial charge < -0.3 is 15.4 Å². The maximum absolute atomic E-state index is 9.18. The van der Waals surface area contributed by atoms with Crippen molar-refractivity contribution in [2.45, 2.75) is 26.8 Å². The first-order valence-electron chi connectivity index (χ1n) is 8.30. The molecule has 0 aliphatic heterocycles. The maximum Gasteiger partial charge on any atom is 0.488 e. The molecular formula is C18H19BClN3O2S. The van der Waals surface area contributed by atoms with E-state index in [-0.39, 0.29) is 0 Å². The molecule has 0 bridgehead atoms. The average molecular weight is 388 g/mol. The summed E-state index contributed by atoms with van der Waals surface area (Å²) >= 11 is 7.49. The minimum absolute atomic E-state index is 0.470. The van der Waals surface area contributed by atoms with Gasteiger partial charge in [-0.15, -0.1) is 11.3 Å². The van der Waals surface area contributed by atoms with Crippen LogP contribution in [0.4, 0.5) is 5.82 Å². The zero-order valence-corrected chi connectivity index (χ0v) is 16.1. The lowest BCUT2D eigenvalue weighted by molar-refractivity contribution is 0.426. The Morgan fingerprint density at radius 2 is 1.85 bits per heavy atom. The molecule has 0 aliphatic rings. The first kappa shape index (κ1) is 18.9. The Kier molecular flexibility index (Phi) is 5.93. The number of thiophene rings is 1. The van der Waals surface area contributed by atoms with Gasteiger partial charge in [0.15, 0.2) is 5.82 Å². The molecule has 2 aromatic heterocycles. The summed E-state index contributed by atoms with van der Waals surface area (Å²) in [4.78, 5) is 10.3. The van der Waals surface area contributed by atoms with Crippen LogP contribution in [0, 0.1) is 6.92 Å². The highest BCUT2D eigenvalue weighted by Gasteiger charge is 2.14. The number of hydrogen-bond acceptors (Lipinski definition) is 6. The molecule has 0 spiro atoms. The van der Waals surface area contributed by atoms with E-state index >= 15 is 0 Å². The van der Waals surface area contributed by atoms with E-state index in [0.29, 0.717) is 22.2 Å². The van der Waals surface area contributed by atoms with Crippen molar-refractivity contribution < 1.29 is 10.0 Å². The predicted octanol–water partition coefficient (Wildman–Crippen LogP) is 3.02. The number of nitrogens with zero attached hydrogens (tertiary/aromatic N) is 2. The van der Waals surface area contributed by atoms with Gasteiger partial charge in [-0.2, -0.15) is 0 Å². The number of anilines is 1. The van der Waals surface area contributed by atoms with Gasteiger partial charge in [0.1, 0.15) is 5.82 Å². The Balaban J connectivity index is 1.84. The van der Waals surface area contributed by atoms with E-state index in [2.05, 4.69) is 17.2 Å². The van der Waals surface area contributed by atoms with E-state index in [1.54, 1.807) is 12.1 Å². The van der Waals surface area contributed by atoms with Crippen LogP contribution in [0.5, 0.6) is 0 Å². The topological polar surface area (TPSA) is 78.3 Å². The summed E-state index contributed by atoms with van der Waals surface area (Å²) in [7, 11) is -1.45. The number of nitrogens with one attached hydrogen (secondary N) is 1. The van der Waals surface area contributed by atoms with Crippen LogP contribution in [0.3, 0.4) is 0 Å². The molecule has 3 aromatic rings. The van der Waals surface area contributed by atoms with Crippen LogP contribution in [0.2, 0.25) is 4.34 Å². The standard InChI is InChI=1S/C18H19BClN3O2S/c1-3-14-11(2)22-18(15-8-9-16(20)26-15)23-17(14)21-10-12-4-6-13(7-5-12)19(24)25/h4-9,24-25H,3,10H2,1-2H3,(H,21,22,23). The van der Waals surface area contributed by atoms with E-state index < -0.39 is 7.12 Å². The second kappa shape index (κ2) is 8.18. The Morgan fingerprint density at radius 1 is 1.12 bits per heavy atom. The van der Waals surface area contributed by atoms with Crippen molar-refractivity contribution in [2.24, 2.45) is 0 Å². The van der Waals surface area contributed by atoms with Gasteiger partial charge in [-0.1, -0.05) is 42.8 Å². The molecule has 26 heavy (non-hydrogen) atoms. The summed E-state index contributed by atoms with van der Waals surface area (Å²) in [5, 5.41) is 21.7. The molecule has 0 amide bonds. The van der Waals surface area contributed by atoms with Crippen molar-refractivity contribution in [1.29, 1.82) is 0 Å². The Morgan fingerprint density at radius 3 is 2.42 bits per heavy atom. The monoisotopic (exact) mass is 387 g/mol. The molecule has 5 nitrogen and oxygen atoms in total. The molecule has 0 saturated carbocycles. The van der Waals surface area contributed by atoms with E-state index in [1.165, 1.54) is 11.3 Å². The van der Waals surface area contributed by atoms with Gasteiger partial charge in [0.05, 0.1) is 9.21 Å². The molecule has 3 N–H and O–H groups in total. The van der Waals surface area contributed by atoms with Crippen molar-refractivity contribution >= 4 is 41.3 Å². The predicted molar refractivity (Wildman–Crippen MR) is 108 cm³/mol. The zero-order chi connectivity index (χ0) is 18.7. The third kappa shape index (κ3) is 4.24. The number of hydrogen-bond donors (Lipinski definition) is 3. The highest BCUT2D eigenvalue weighted by atomic mass is 35.5. The quantitative estimate of drug-likeness (QED) is 0.567. The van der Waals surface area contributed by atoms with Crippen molar-refractivity contribution in [3.63, 3.8) is 0 Å². The summed E-state index contributed by atoms with van der Waals surface area (Å²) in [5.74, 6) is 1.48. The van der Waals surface area contributed by atoms with Crippen LogP contribution < -0.4 is 10.8 Å². The molecular weight excluding hydrogens is 369 g/mol. The Labute approximate surface area is 161 Å². The van der Waals surface area contributed by atoms with Gasteiger partial charge in [0, 0.05) is 17.8 Å². The third-order valence-electron chi connectivity index (χ3n) is 4.10. The minimum atomic E-state index is -1.45. The number of rotatable bonds is 6. The highest BCUT2D eigenvalue weighted by Crippen LogP contribution is 2.31. The fourth-order valence-corrected chi connectivity index (χ4v) is 3.68. The molecule has 0 aliphatic carbocycles. The van der Waals surface area contributed by atoms with Crippen molar-refractivity contribution in [3.05, 3.63) is 57.6 Å². The summed E-state index contributed by atoms with van der Waals surface area (Å²) in [5.41, 5.74) is 3.52. The second-order valence-electron chi connectivity index (χ2n) is 5.89. The lowest BCUT2D eigenvalue weighted by atomic mass is 9.80. The minimum Gasteiger partial charge on any atom is -0.423 e. The van der Waals surface area contributed by atoms with Crippen LogP contribution in [-0.2, 0) is 13.0 Å². The summed E-state index contributed by atoms with van der Waals surface area (Å²) in [6.45, 7) is 4.65. The van der Waals surface area contributed by atoms with Crippen LogP contribution in [0.15, 0.2) is 36.4 Å². The molecule has 0 fully saturated rings. The molecule has 134 valence electrons. The van der Waals surface area contributed by atoms with E-state index in [1.807, 2.05) is 31.2 Å². The van der Waals surface area contributed by atoms with Gasteiger partial charge in [-0.3, -0.25) is 0 Å². The number of halogens is 1. The van der Waals surface area contributed by atoms with Gasteiger partial charge in [-0.05, 0) is 36.5 Å². The fraction of sp³-hybridized carbons (Fsp3) is 0.222. The third-order valence-corrected chi connectivity index (χ3v) is 5.33. The van der Waals surface area contributed by atoms with E-state index in [0.717, 1.165) is 33.9 Å². The average Bonchev–Trinajstić information content (AvgIpc) is 3.06. The zero-order valence-electron chi connectivity index (χ0n) is 14.5. The number of aromatic nitrogens is 2. The van der Waals surface area contributed by atoms with Crippen LogP contribution in [-0.4, -0.2) is 27.1 Å². The molecule has 8 heteroatoms. The van der Waals surface area contributed by atoms with Gasteiger partial charge in [-0.25, -0.2) is 9.97 Å². The largest absolute Gasteiger partial charge is 0.488 e. The lowest BCUT2D eigenvalue weighted by Gasteiger charge is -2.14. The molecule has 1 aromatic carbocycles. The number of aryl methyl sites for hydroxylation is 1. The van der Waals surface area contributed by atoms with Gasteiger partial charge >= 0.3 is 7.12 Å². The molecule has 0 atom stereocenters. The smallest absolute Gasteiger partial charge is 0.423 e. The van der Waals surface area contributed by atoms with Crippen molar-refractivity contribution in [2.75, 3.05) is 5.32 Å². The van der Waals surface area contributed by atoms with Gasteiger partial charge in [0.2, 0.25) is 0 Å². The highest BCUT2D eigenvalue weighted by molar-refractivity contribution is 7.19. The van der Waals surface area contributed by atoms with Crippen molar-refractivity contribution in [3.8, 4) is 10.7 Å². The summed E-state index contributed by atoms with van der Waals surface area (Å²) < 4.78 is 0.710. The first-order valence-corrected chi connectivity index (χ1v) is 9.49.